The van der Waals surface area contributed by atoms with E-state index in [0.717, 1.165) is 32.1 Å². The first kappa shape index (κ1) is 12.3. The maximum Gasteiger partial charge on any atom is 0.0692 e. The maximum atomic E-state index is 10.9. The van der Waals surface area contributed by atoms with E-state index in [1.807, 2.05) is 6.07 Å². The van der Waals surface area contributed by atoms with Crippen molar-refractivity contribution >= 4 is 9.24 Å². The lowest BCUT2D eigenvalue weighted by Gasteiger charge is -2.67. The Kier molecular flexibility index (Phi) is 2.22. The van der Waals surface area contributed by atoms with Gasteiger partial charge in [-0.2, -0.15) is 0 Å². The van der Waals surface area contributed by atoms with Gasteiger partial charge in [-0.3, -0.25) is 0 Å². The molecule has 2 N–H and O–H groups in total. The normalized spacial score (nSPS) is 51.5. The fourth-order valence-electron chi connectivity index (χ4n) is 5.70. The Bertz CT molecular complexity index is 473. The maximum absolute atomic E-state index is 10.9. The van der Waals surface area contributed by atoms with Crippen LogP contribution < -0.4 is 0 Å². The minimum atomic E-state index is -0.679. The van der Waals surface area contributed by atoms with Crippen LogP contribution in [0.2, 0.25) is 0 Å². The first-order valence-electron chi connectivity index (χ1n) is 7.14. The number of benzene rings is 1. The van der Waals surface area contributed by atoms with Crippen LogP contribution in [-0.2, 0) is 5.41 Å². The molecule has 0 radical (unpaired) electrons. The third kappa shape index (κ3) is 1.73. The van der Waals surface area contributed by atoms with E-state index < -0.39 is 11.2 Å². The van der Waals surface area contributed by atoms with Crippen molar-refractivity contribution in [2.24, 2.45) is 0 Å². The fraction of sp³-hybridized carbons (Fsp3) is 0.625. The molecule has 0 heterocycles. The van der Waals surface area contributed by atoms with E-state index in [1.165, 1.54) is 5.56 Å². The molecule has 102 valence electrons. The second-order valence-electron chi connectivity index (χ2n) is 7.52. The Balaban J connectivity index is 1.86. The quantitative estimate of drug-likeness (QED) is 0.773. The van der Waals surface area contributed by atoms with Crippen LogP contribution in [-0.4, -0.2) is 26.6 Å². The van der Waals surface area contributed by atoms with Crippen LogP contribution in [0.1, 0.15) is 44.1 Å². The Morgan fingerprint density at radius 1 is 0.789 bits per heavy atom. The molecule has 4 aliphatic rings. The van der Waals surface area contributed by atoms with Gasteiger partial charge in [-0.05, 0) is 42.8 Å². The highest BCUT2D eigenvalue weighted by molar-refractivity contribution is 7.19. The summed E-state index contributed by atoms with van der Waals surface area (Å²) >= 11 is 0. The Morgan fingerprint density at radius 3 is 1.89 bits per heavy atom. The Hall–Kier alpha value is -0.430. The van der Waals surface area contributed by atoms with E-state index >= 15 is 0 Å². The van der Waals surface area contributed by atoms with Crippen molar-refractivity contribution in [1.82, 2.24) is 0 Å². The molecule has 0 amide bonds. The summed E-state index contributed by atoms with van der Waals surface area (Å²) in [5, 5.41) is 21.8. The molecule has 3 heteroatoms. The molecule has 3 atom stereocenters. The van der Waals surface area contributed by atoms with E-state index in [-0.39, 0.29) is 10.6 Å². The van der Waals surface area contributed by atoms with Gasteiger partial charge in [-0.15, -0.1) is 9.24 Å². The van der Waals surface area contributed by atoms with Crippen LogP contribution >= 0.6 is 9.24 Å². The minimum absolute atomic E-state index is 0.00803. The summed E-state index contributed by atoms with van der Waals surface area (Å²) in [7, 11) is 2.96. The lowest BCUT2D eigenvalue weighted by molar-refractivity contribution is -0.200. The lowest BCUT2D eigenvalue weighted by Crippen LogP contribution is -2.69. The second kappa shape index (κ2) is 3.42. The Morgan fingerprint density at radius 2 is 1.37 bits per heavy atom. The van der Waals surface area contributed by atoms with Crippen molar-refractivity contribution in [1.29, 1.82) is 0 Å². The fourth-order valence-corrected chi connectivity index (χ4v) is 6.86. The topological polar surface area (TPSA) is 40.5 Å². The second-order valence-corrected chi connectivity index (χ2v) is 8.74. The SMILES string of the molecule is OC12CC3(O)CC(P)(C1)CC(c1ccccc1)(C2)C3. The average molecular weight is 276 g/mol. The van der Waals surface area contributed by atoms with Crippen LogP contribution in [0.4, 0.5) is 0 Å². The molecular formula is C16H21O2P. The van der Waals surface area contributed by atoms with E-state index in [4.69, 9.17) is 0 Å². The van der Waals surface area contributed by atoms with Gasteiger partial charge in [0.25, 0.3) is 0 Å². The summed E-state index contributed by atoms with van der Waals surface area (Å²) < 4.78 is 0. The summed E-state index contributed by atoms with van der Waals surface area (Å²) in [5.41, 5.74) is -0.110. The van der Waals surface area contributed by atoms with Gasteiger partial charge >= 0.3 is 0 Å². The highest BCUT2D eigenvalue weighted by Crippen LogP contribution is 2.67. The molecule has 4 bridgehead atoms. The molecule has 3 unspecified atom stereocenters. The third-order valence-corrected chi connectivity index (χ3v) is 6.04. The molecule has 4 saturated carbocycles. The monoisotopic (exact) mass is 276 g/mol. The van der Waals surface area contributed by atoms with Gasteiger partial charge < -0.3 is 10.2 Å². The highest BCUT2D eigenvalue weighted by Gasteiger charge is 2.66. The zero-order valence-corrected chi connectivity index (χ0v) is 12.3. The van der Waals surface area contributed by atoms with Gasteiger partial charge in [0.2, 0.25) is 0 Å². The van der Waals surface area contributed by atoms with E-state index in [0.29, 0.717) is 6.42 Å². The molecule has 1 aromatic carbocycles. The number of rotatable bonds is 1. The highest BCUT2D eigenvalue weighted by atomic mass is 31.0. The zero-order valence-electron chi connectivity index (χ0n) is 11.1. The zero-order chi connectivity index (χ0) is 13.4. The minimum Gasteiger partial charge on any atom is -0.390 e. The van der Waals surface area contributed by atoms with Gasteiger partial charge in [-0.25, -0.2) is 0 Å². The Labute approximate surface area is 116 Å². The predicted molar refractivity (Wildman–Crippen MR) is 78.2 cm³/mol. The van der Waals surface area contributed by atoms with Crippen molar-refractivity contribution in [2.75, 3.05) is 0 Å². The first-order chi connectivity index (χ1) is 8.85. The number of aliphatic hydroxyl groups is 2. The molecular weight excluding hydrogens is 255 g/mol. The van der Waals surface area contributed by atoms with Gasteiger partial charge in [0.05, 0.1) is 11.2 Å². The summed E-state index contributed by atoms with van der Waals surface area (Å²) in [5.74, 6) is 0. The van der Waals surface area contributed by atoms with Crippen LogP contribution in [0.15, 0.2) is 30.3 Å². The van der Waals surface area contributed by atoms with Crippen LogP contribution in [0.25, 0.3) is 0 Å². The van der Waals surface area contributed by atoms with Crippen molar-refractivity contribution < 1.29 is 10.2 Å². The average Bonchev–Trinajstić information content (AvgIpc) is 2.23. The largest absolute Gasteiger partial charge is 0.390 e. The van der Waals surface area contributed by atoms with E-state index in [2.05, 4.69) is 33.5 Å². The van der Waals surface area contributed by atoms with Crippen molar-refractivity contribution in [3.05, 3.63) is 35.9 Å². The molecule has 5 rings (SSSR count). The van der Waals surface area contributed by atoms with E-state index in [9.17, 15) is 10.2 Å². The first-order valence-corrected chi connectivity index (χ1v) is 7.72. The summed E-state index contributed by atoms with van der Waals surface area (Å²) in [6, 6.07) is 10.5. The molecule has 1 aromatic rings. The standard InChI is InChI=1S/C16H21O2P/c17-14-6-13(12-4-2-1-3-5-12)7-15(18,9-14)11-16(19,8-13)10-14/h1-5,17-18H,6-11,19H2. The molecule has 2 nitrogen and oxygen atoms in total. The predicted octanol–water partition coefficient (Wildman–Crippen LogP) is 2.38. The van der Waals surface area contributed by atoms with Crippen molar-refractivity contribution in [3.8, 4) is 0 Å². The summed E-state index contributed by atoms with van der Waals surface area (Å²) in [6.45, 7) is 0. The van der Waals surface area contributed by atoms with Crippen molar-refractivity contribution in [3.63, 3.8) is 0 Å². The van der Waals surface area contributed by atoms with E-state index in [1.54, 1.807) is 0 Å². The molecule has 0 aromatic heterocycles. The number of hydrogen-bond acceptors (Lipinski definition) is 2. The van der Waals surface area contributed by atoms with Gasteiger partial charge in [0.1, 0.15) is 0 Å². The van der Waals surface area contributed by atoms with Crippen LogP contribution in [0.3, 0.4) is 0 Å². The van der Waals surface area contributed by atoms with Gasteiger partial charge in [0, 0.05) is 11.8 Å². The van der Waals surface area contributed by atoms with Crippen molar-refractivity contribution in [2.45, 2.75) is 60.3 Å². The summed E-state index contributed by atoms with van der Waals surface area (Å²) in [4.78, 5) is 0. The smallest absolute Gasteiger partial charge is 0.0692 e. The van der Waals surface area contributed by atoms with Gasteiger partial charge in [-0.1, -0.05) is 30.3 Å². The lowest BCUT2D eigenvalue weighted by atomic mass is 9.44. The molecule has 0 aliphatic heterocycles. The third-order valence-electron chi connectivity index (χ3n) is 5.43. The van der Waals surface area contributed by atoms with Crippen LogP contribution in [0.5, 0.6) is 0 Å². The van der Waals surface area contributed by atoms with Crippen LogP contribution in [0, 0.1) is 0 Å². The molecule has 4 fully saturated rings. The molecule has 19 heavy (non-hydrogen) atoms. The number of hydrogen-bond donors (Lipinski definition) is 2. The summed E-state index contributed by atoms with van der Waals surface area (Å²) in [6.07, 6.45) is 4.89. The molecule has 0 spiro atoms. The van der Waals surface area contributed by atoms with Gasteiger partial charge in [0.15, 0.2) is 0 Å². The molecule has 4 aliphatic carbocycles. The molecule has 0 saturated heterocycles.